The molecule has 5 rings (SSSR count). The van der Waals surface area contributed by atoms with Gasteiger partial charge in [-0.25, -0.2) is 8.42 Å². The lowest BCUT2D eigenvalue weighted by molar-refractivity contribution is 0.565. The van der Waals surface area contributed by atoms with Gasteiger partial charge < -0.3 is 14.8 Å². The predicted octanol–water partition coefficient (Wildman–Crippen LogP) is 5.96. The molecule has 2 atom stereocenters. The molecular weight excluding hydrogens is 526 g/mol. The van der Waals surface area contributed by atoms with Crippen molar-refractivity contribution in [1.82, 2.24) is 14.9 Å². The molecule has 39 heavy (non-hydrogen) atoms. The third kappa shape index (κ3) is 5.16. The van der Waals surface area contributed by atoms with Crippen LogP contribution in [0.1, 0.15) is 51.4 Å². The third-order valence-corrected chi connectivity index (χ3v) is 8.18. The highest BCUT2D eigenvalue weighted by Gasteiger charge is 2.42. The van der Waals surface area contributed by atoms with Crippen molar-refractivity contribution in [3.05, 3.63) is 106 Å². The van der Waals surface area contributed by atoms with Gasteiger partial charge in [-0.05, 0) is 112 Å². The molecule has 2 aromatic carbocycles. The van der Waals surface area contributed by atoms with Gasteiger partial charge in [-0.3, -0.25) is 9.71 Å². The molecule has 0 unspecified atom stereocenters. The Morgan fingerprint density at radius 3 is 2.38 bits per heavy atom. The van der Waals surface area contributed by atoms with Crippen LogP contribution in [0.2, 0.25) is 0 Å². The molecule has 202 valence electrons. The highest BCUT2D eigenvalue weighted by atomic mass is 32.2. The number of benzene rings is 2. The number of hydrogen-bond donors (Lipinski definition) is 2. The normalized spacial score (nSPS) is 17.4. The van der Waals surface area contributed by atoms with Gasteiger partial charge in [0.15, 0.2) is 5.11 Å². The second-order valence-corrected chi connectivity index (χ2v) is 12.5. The summed E-state index contributed by atoms with van der Waals surface area (Å²) in [5, 5.41) is 4.12. The molecular formula is C30H33N5O2S2. The molecule has 4 aromatic rings. The summed E-state index contributed by atoms with van der Waals surface area (Å²) in [4.78, 5) is 6.81. The number of rotatable bonds is 6. The lowest BCUT2D eigenvalue weighted by Gasteiger charge is -2.29. The summed E-state index contributed by atoms with van der Waals surface area (Å²) in [7, 11) is -3.39. The molecule has 2 N–H and O–H groups in total. The maximum Gasteiger partial charge on any atom is 0.229 e. The van der Waals surface area contributed by atoms with Crippen molar-refractivity contribution in [3.8, 4) is 5.69 Å². The first-order chi connectivity index (χ1) is 18.4. The van der Waals surface area contributed by atoms with E-state index in [4.69, 9.17) is 12.2 Å². The van der Waals surface area contributed by atoms with E-state index in [-0.39, 0.29) is 12.1 Å². The summed E-state index contributed by atoms with van der Waals surface area (Å²) in [6.07, 6.45) is 2.95. The smallest absolute Gasteiger partial charge is 0.229 e. The number of pyridine rings is 1. The maximum absolute atomic E-state index is 11.9. The second-order valence-electron chi connectivity index (χ2n) is 10.3. The van der Waals surface area contributed by atoms with Crippen molar-refractivity contribution in [1.29, 1.82) is 0 Å². The third-order valence-electron chi connectivity index (χ3n) is 7.28. The highest BCUT2D eigenvalue weighted by Crippen LogP contribution is 2.44. The van der Waals surface area contributed by atoms with E-state index in [2.05, 4.69) is 76.5 Å². The van der Waals surface area contributed by atoms with Gasteiger partial charge >= 0.3 is 0 Å². The number of aryl methyl sites for hydroxylation is 4. The van der Waals surface area contributed by atoms with E-state index in [0.717, 1.165) is 45.8 Å². The Hall–Kier alpha value is -3.69. The Morgan fingerprint density at radius 2 is 1.72 bits per heavy atom. The molecule has 0 saturated carbocycles. The molecule has 1 saturated heterocycles. The molecule has 1 aliphatic rings. The fourth-order valence-electron chi connectivity index (χ4n) is 5.48. The van der Waals surface area contributed by atoms with E-state index in [0.29, 0.717) is 10.8 Å². The average molecular weight is 560 g/mol. The van der Waals surface area contributed by atoms with Crippen LogP contribution in [0.15, 0.2) is 66.9 Å². The molecule has 1 fully saturated rings. The van der Waals surface area contributed by atoms with Crippen molar-refractivity contribution in [2.75, 3.05) is 15.9 Å². The molecule has 2 aromatic heterocycles. The van der Waals surface area contributed by atoms with Gasteiger partial charge in [0, 0.05) is 29.0 Å². The van der Waals surface area contributed by atoms with Crippen LogP contribution in [0.5, 0.6) is 0 Å². The fraction of sp³-hybridized carbons (Fsp3) is 0.267. The minimum absolute atomic E-state index is 0.175. The van der Waals surface area contributed by atoms with Gasteiger partial charge in [0.1, 0.15) is 0 Å². The number of nitrogens with one attached hydrogen (secondary N) is 2. The predicted molar refractivity (Wildman–Crippen MR) is 162 cm³/mol. The van der Waals surface area contributed by atoms with E-state index in [1.165, 1.54) is 11.1 Å². The van der Waals surface area contributed by atoms with Crippen molar-refractivity contribution in [2.24, 2.45) is 0 Å². The molecule has 1 aliphatic heterocycles. The lowest BCUT2D eigenvalue weighted by Crippen LogP contribution is -2.29. The molecule has 9 heteroatoms. The van der Waals surface area contributed by atoms with Crippen LogP contribution < -0.4 is 14.9 Å². The van der Waals surface area contributed by atoms with Crippen molar-refractivity contribution in [2.45, 2.75) is 46.7 Å². The van der Waals surface area contributed by atoms with Crippen molar-refractivity contribution >= 4 is 38.7 Å². The molecule has 0 bridgehead atoms. The minimum Gasteiger partial charge on any atom is -0.351 e. The summed E-state index contributed by atoms with van der Waals surface area (Å²) in [5.41, 5.74) is 10.1. The number of anilines is 2. The summed E-state index contributed by atoms with van der Waals surface area (Å²) in [5.74, 6) is 0. The Balaban J connectivity index is 1.67. The van der Waals surface area contributed by atoms with Crippen LogP contribution in [-0.2, 0) is 10.0 Å². The topological polar surface area (TPSA) is 79.3 Å². The first-order valence-electron chi connectivity index (χ1n) is 12.8. The van der Waals surface area contributed by atoms with Crippen LogP contribution in [0.25, 0.3) is 5.69 Å². The van der Waals surface area contributed by atoms with Gasteiger partial charge in [0.2, 0.25) is 10.0 Å². The van der Waals surface area contributed by atoms with E-state index in [1.54, 1.807) is 12.3 Å². The number of hydrogen-bond acceptors (Lipinski definition) is 4. The zero-order valence-corrected chi connectivity index (χ0v) is 24.6. The number of thiocarbonyl (C=S) groups is 1. The monoisotopic (exact) mass is 559 g/mol. The van der Waals surface area contributed by atoms with Crippen LogP contribution >= 0.6 is 12.2 Å². The minimum atomic E-state index is -3.39. The Morgan fingerprint density at radius 1 is 0.949 bits per heavy atom. The first-order valence-corrected chi connectivity index (χ1v) is 15.1. The second kappa shape index (κ2) is 10.1. The number of sulfonamides is 1. The fourth-order valence-corrected chi connectivity index (χ4v) is 6.45. The Labute approximate surface area is 235 Å². The molecule has 0 amide bonds. The van der Waals surface area contributed by atoms with E-state index >= 15 is 0 Å². The first kappa shape index (κ1) is 26.9. The number of nitrogens with zero attached hydrogens (tertiary/aromatic N) is 3. The Bertz CT molecular complexity index is 1680. The lowest BCUT2D eigenvalue weighted by atomic mass is 9.96. The van der Waals surface area contributed by atoms with Crippen molar-refractivity contribution < 1.29 is 8.42 Å². The quantitative estimate of drug-likeness (QED) is 0.284. The van der Waals surface area contributed by atoms with Gasteiger partial charge in [-0.15, -0.1) is 0 Å². The van der Waals surface area contributed by atoms with Crippen molar-refractivity contribution in [3.63, 3.8) is 0 Å². The molecule has 0 radical (unpaired) electrons. The SMILES string of the molecule is Cc1ccc(C)c(-n2c(C)cc([C@@H]3[C@H](c4ccccn4)NC(=S)N3c3ccc(NS(C)(=O)=O)c(C)c3)c2C)c1. The van der Waals surface area contributed by atoms with Gasteiger partial charge in [0.25, 0.3) is 0 Å². The summed E-state index contributed by atoms with van der Waals surface area (Å²) in [6.45, 7) is 10.4. The van der Waals surface area contributed by atoms with Crippen LogP contribution in [0.4, 0.5) is 11.4 Å². The number of aromatic nitrogens is 2. The molecule has 0 spiro atoms. The van der Waals surface area contributed by atoms with E-state index < -0.39 is 10.0 Å². The summed E-state index contributed by atoms with van der Waals surface area (Å²) < 4.78 is 28.6. The zero-order valence-electron chi connectivity index (χ0n) is 23.0. The molecule has 3 heterocycles. The van der Waals surface area contributed by atoms with Crippen LogP contribution in [0.3, 0.4) is 0 Å². The zero-order chi connectivity index (χ0) is 28.1. The largest absolute Gasteiger partial charge is 0.351 e. The standard InChI is InChI=1S/C30H33N5O2S2/c1-18-10-11-19(2)27(15-18)34-21(4)17-24(22(34)5)29-28(26-9-7-8-14-31-26)32-30(38)35(29)23-12-13-25(20(3)16-23)33-39(6,36)37/h7-17,28-29,33H,1-6H3,(H,32,38)/t28-,29+/m0/s1. The average Bonchev–Trinajstić information content (AvgIpc) is 3.37. The Kier molecular flexibility index (Phi) is 6.99. The van der Waals surface area contributed by atoms with E-state index in [1.807, 2.05) is 37.3 Å². The summed E-state index contributed by atoms with van der Waals surface area (Å²) >= 11 is 5.92. The van der Waals surface area contributed by atoms with Crippen LogP contribution in [0, 0.1) is 34.6 Å². The summed E-state index contributed by atoms with van der Waals surface area (Å²) in [6, 6.07) is 20.0. The van der Waals surface area contributed by atoms with E-state index in [9.17, 15) is 8.42 Å². The van der Waals surface area contributed by atoms with Gasteiger partial charge in [-0.2, -0.15) is 0 Å². The highest BCUT2D eigenvalue weighted by molar-refractivity contribution is 7.92. The van der Waals surface area contributed by atoms with Gasteiger partial charge in [-0.1, -0.05) is 18.2 Å². The van der Waals surface area contributed by atoms with Crippen LogP contribution in [-0.4, -0.2) is 29.3 Å². The van der Waals surface area contributed by atoms with Gasteiger partial charge in [0.05, 0.1) is 29.7 Å². The molecule has 0 aliphatic carbocycles. The maximum atomic E-state index is 11.9. The molecule has 7 nitrogen and oxygen atoms in total.